The first-order valence-electron chi connectivity index (χ1n) is 10.4. The molecule has 2 aromatic rings. The van der Waals surface area contributed by atoms with E-state index in [4.69, 9.17) is 9.73 Å². The molecule has 0 aliphatic carbocycles. The van der Waals surface area contributed by atoms with E-state index in [1.807, 2.05) is 31.8 Å². The minimum Gasteiger partial charge on any atom is -0.377 e. The predicted octanol–water partition coefficient (Wildman–Crippen LogP) is 1.74. The largest absolute Gasteiger partial charge is 0.377 e. The Morgan fingerprint density at radius 1 is 1.43 bits per heavy atom. The number of methoxy groups -OCH3 is 1. The average Bonchev–Trinajstić information content (AvgIpc) is 3.10. The van der Waals surface area contributed by atoms with Crippen LogP contribution in [0.1, 0.15) is 36.6 Å². The molecule has 0 amide bonds. The number of benzene rings is 1. The number of halogens is 1. The Labute approximate surface area is 177 Å². The summed E-state index contributed by atoms with van der Waals surface area (Å²) in [6.45, 7) is 4.48. The quantitative estimate of drug-likeness (QED) is 0.503. The highest BCUT2D eigenvalue weighted by atomic mass is 19.1. The molecular weight excluding hydrogens is 385 g/mol. The van der Waals surface area contributed by atoms with Crippen molar-refractivity contribution in [1.82, 2.24) is 30.3 Å². The zero-order valence-electron chi connectivity index (χ0n) is 18.2. The van der Waals surface area contributed by atoms with Gasteiger partial charge in [-0.25, -0.2) is 14.1 Å². The second kappa shape index (κ2) is 10.5. The van der Waals surface area contributed by atoms with Crippen molar-refractivity contribution in [2.75, 3.05) is 34.3 Å². The summed E-state index contributed by atoms with van der Waals surface area (Å²) in [6.07, 6.45) is 1.81. The van der Waals surface area contributed by atoms with E-state index in [1.165, 1.54) is 6.07 Å². The summed E-state index contributed by atoms with van der Waals surface area (Å²) in [7, 11) is 5.61. The van der Waals surface area contributed by atoms with E-state index in [0.29, 0.717) is 13.2 Å². The Morgan fingerprint density at radius 3 is 2.97 bits per heavy atom. The number of aromatic nitrogens is 3. The number of aryl methyl sites for hydroxylation is 1. The van der Waals surface area contributed by atoms with Crippen molar-refractivity contribution < 1.29 is 9.13 Å². The lowest BCUT2D eigenvalue weighted by molar-refractivity contribution is 0.177. The van der Waals surface area contributed by atoms with Gasteiger partial charge in [0, 0.05) is 26.1 Å². The van der Waals surface area contributed by atoms with Crippen LogP contribution in [-0.4, -0.2) is 66.0 Å². The normalized spacial score (nSPS) is 17.7. The Morgan fingerprint density at radius 2 is 2.27 bits per heavy atom. The number of guanidine groups is 1. The van der Waals surface area contributed by atoms with Gasteiger partial charge < -0.3 is 20.3 Å². The number of nitrogens with one attached hydrogen (secondary N) is 2. The van der Waals surface area contributed by atoms with Crippen LogP contribution in [0, 0.1) is 5.82 Å². The SMILES string of the molecule is CCNC(=NCC(c1cccc(F)c1)N(C)C)NC1CCc2nc(COC)nn2C1. The number of hydrogen-bond acceptors (Lipinski definition) is 5. The highest BCUT2D eigenvalue weighted by molar-refractivity contribution is 5.80. The maximum absolute atomic E-state index is 13.7. The molecule has 1 aliphatic rings. The molecule has 0 spiro atoms. The summed E-state index contributed by atoms with van der Waals surface area (Å²) in [4.78, 5) is 11.4. The predicted molar refractivity (Wildman–Crippen MR) is 115 cm³/mol. The second-order valence-corrected chi connectivity index (χ2v) is 7.69. The van der Waals surface area contributed by atoms with E-state index in [9.17, 15) is 4.39 Å². The molecule has 1 aromatic heterocycles. The van der Waals surface area contributed by atoms with Gasteiger partial charge in [0.25, 0.3) is 0 Å². The molecule has 1 aromatic carbocycles. The number of aliphatic imine (C=N–C) groups is 1. The molecule has 30 heavy (non-hydrogen) atoms. The van der Waals surface area contributed by atoms with Crippen LogP contribution in [0.5, 0.6) is 0 Å². The standard InChI is InChI=1S/C21H32FN7O/c1-5-23-21(24-12-18(28(2)3)15-7-6-8-16(22)11-15)25-17-9-10-20-26-19(14-30-4)27-29(20)13-17/h6-8,11,17-18H,5,9-10,12-14H2,1-4H3,(H2,23,24,25). The van der Waals surface area contributed by atoms with Crippen molar-refractivity contribution in [3.8, 4) is 0 Å². The van der Waals surface area contributed by atoms with Crippen LogP contribution < -0.4 is 10.6 Å². The Balaban J connectivity index is 1.67. The van der Waals surface area contributed by atoms with Crippen LogP contribution in [0.2, 0.25) is 0 Å². The highest BCUT2D eigenvalue weighted by Crippen LogP contribution is 2.19. The van der Waals surface area contributed by atoms with Crippen LogP contribution in [0.3, 0.4) is 0 Å². The Kier molecular flexibility index (Phi) is 7.75. The zero-order valence-corrected chi connectivity index (χ0v) is 18.2. The molecule has 0 bridgehead atoms. The molecule has 2 unspecified atom stereocenters. The first-order valence-corrected chi connectivity index (χ1v) is 10.4. The minimum atomic E-state index is -0.230. The number of fused-ring (bicyclic) bond motifs is 1. The van der Waals surface area contributed by atoms with Crippen molar-refractivity contribution in [3.05, 3.63) is 47.3 Å². The lowest BCUT2D eigenvalue weighted by Crippen LogP contribution is -2.47. The molecule has 1 aliphatic heterocycles. The molecule has 164 valence electrons. The Hall–Kier alpha value is -2.52. The van der Waals surface area contributed by atoms with Crippen LogP contribution in [0.4, 0.5) is 4.39 Å². The fraction of sp³-hybridized carbons (Fsp3) is 0.571. The van der Waals surface area contributed by atoms with Crippen molar-refractivity contribution >= 4 is 5.96 Å². The molecule has 0 saturated carbocycles. The molecule has 2 N–H and O–H groups in total. The maximum Gasteiger partial charge on any atom is 0.191 e. The van der Waals surface area contributed by atoms with E-state index < -0.39 is 0 Å². The van der Waals surface area contributed by atoms with E-state index in [2.05, 4.69) is 25.6 Å². The molecule has 9 heteroatoms. The van der Waals surface area contributed by atoms with Gasteiger partial charge in [0.05, 0.1) is 19.1 Å². The van der Waals surface area contributed by atoms with Crippen LogP contribution in [0.25, 0.3) is 0 Å². The van der Waals surface area contributed by atoms with Crippen molar-refractivity contribution in [2.45, 2.75) is 45.0 Å². The lowest BCUT2D eigenvalue weighted by Gasteiger charge is -2.27. The summed E-state index contributed by atoms with van der Waals surface area (Å²) in [6, 6.07) is 6.91. The Bertz CT molecular complexity index is 852. The first kappa shape index (κ1) is 22.2. The number of nitrogens with zero attached hydrogens (tertiary/aromatic N) is 5. The molecule has 8 nitrogen and oxygen atoms in total. The van der Waals surface area contributed by atoms with Gasteiger partial charge in [-0.15, -0.1) is 0 Å². The smallest absolute Gasteiger partial charge is 0.191 e. The summed E-state index contributed by atoms with van der Waals surface area (Å²) in [5.41, 5.74) is 0.912. The summed E-state index contributed by atoms with van der Waals surface area (Å²) in [5, 5.41) is 11.4. The lowest BCUT2D eigenvalue weighted by atomic mass is 10.1. The number of rotatable bonds is 8. The molecule has 0 fully saturated rings. The summed E-state index contributed by atoms with van der Waals surface area (Å²) >= 11 is 0. The van der Waals surface area contributed by atoms with Crippen LogP contribution >= 0.6 is 0 Å². The molecule has 0 radical (unpaired) electrons. The van der Waals surface area contributed by atoms with Crippen molar-refractivity contribution in [1.29, 1.82) is 0 Å². The summed E-state index contributed by atoms with van der Waals surface area (Å²) in [5.74, 6) is 2.25. The third kappa shape index (κ3) is 5.76. The van der Waals surface area contributed by atoms with Crippen molar-refractivity contribution in [2.24, 2.45) is 4.99 Å². The number of ether oxygens (including phenoxy) is 1. The fourth-order valence-corrected chi connectivity index (χ4v) is 3.64. The van der Waals surface area contributed by atoms with Gasteiger partial charge in [0.1, 0.15) is 18.2 Å². The second-order valence-electron chi connectivity index (χ2n) is 7.69. The third-order valence-electron chi connectivity index (χ3n) is 5.14. The third-order valence-corrected chi connectivity index (χ3v) is 5.14. The maximum atomic E-state index is 13.7. The van der Waals surface area contributed by atoms with E-state index in [-0.39, 0.29) is 17.9 Å². The number of hydrogen-bond donors (Lipinski definition) is 2. The highest BCUT2D eigenvalue weighted by Gasteiger charge is 2.23. The monoisotopic (exact) mass is 417 g/mol. The first-order chi connectivity index (χ1) is 14.5. The van der Waals surface area contributed by atoms with Gasteiger partial charge in [-0.1, -0.05) is 12.1 Å². The van der Waals surface area contributed by atoms with Gasteiger partial charge in [-0.3, -0.25) is 4.99 Å². The van der Waals surface area contributed by atoms with E-state index in [1.54, 1.807) is 19.2 Å². The van der Waals surface area contributed by atoms with Crippen molar-refractivity contribution in [3.63, 3.8) is 0 Å². The molecular formula is C21H32FN7O. The van der Waals surface area contributed by atoms with Gasteiger partial charge in [-0.2, -0.15) is 5.10 Å². The van der Waals surface area contributed by atoms with Gasteiger partial charge in [-0.05, 0) is 45.1 Å². The molecule has 2 heterocycles. The number of likely N-dealkylation sites (N-methyl/N-ethyl adjacent to an activating group) is 1. The zero-order chi connectivity index (χ0) is 21.5. The van der Waals surface area contributed by atoms with Gasteiger partial charge in [0.2, 0.25) is 0 Å². The van der Waals surface area contributed by atoms with Gasteiger partial charge >= 0.3 is 0 Å². The average molecular weight is 418 g/mol. The van der Waals surface area contributed by atoms with E-state index in [0.717, 1.165) is 49.1 Å². The summed E-state index contributed by atoms with van der Waals surface area (Å²) < 4.78 is 20.8. The topological polar surface area (TPSA) is 79.6 Å². The van der Waals surface area contributed by atoms with Crippen LogP contribution in [0.15, 0.2) is 29.3 Å². The minimum absolute atomic E-state index is 0.0129. The van der Waals surface area contributed by atoms with Crippen LogP contribution in [-0.2, 0) is 24.3 Å². The molecule has 2 atom stereocenters. The van der Waals surface area contributed by atoms with Gasteiger partial charge in [0.15, 0.2) is 11.8 Å². The molecule has 0 saturated heterocycles. The molecule has 3 rings (SSSR count). The van der Waals surface area contributed by atoms with E-state index >= 15 is 0 Å². The fourth-order valence-electron chi connectivity index (χ4n) is 3.64.